The Labute approximate surface area is 120 Å². The van der Waals surface area contributed by atoms with Crippen molar-refractivity contribution in [2.75, 3.05) is 0 Å². The second kappa shape index (κ2) is 8.35. The molecule has 0 aliphatic heterocycles. The SMILES string of the molecule is CC#CC(=O)OC(C(C)=O)c1ccc(SOON)cc1. The van der Waals surface area contributed by atoms with Gasteiger partial charge in [-0.05, 0) is 26.0 Å². The third kappa shape index (κ3) is 5.03. The fraction of sp³-hybridized carbons (Fsp3) is 0.231. The summed E-state index contributed by atoms with van der Waals surface area (Å²) < 4.78 is 9.50. The summed E-state index contributed by atoms with van der Waals surface area (Å²) in [6, 6.07) is 6.63. The lowest BCUT2D eigenvalue weighted by molar-refractivity contribution is -0.195. The van der Waals surface area contributed by atoms with Crippen LogP contribution in [-0.4, -0.2) is 11.8 Å². The molecule has 0 radical (unpaired) electrons. The van der Waals surface area contributed by atoms with Gasteiger partial charge >= 0.3 is 5.97 Å². The van der Waals surface area contributed by atoms with Gasteiger partial charge in [0.2, 0.25) is 0 Å². The number of nitrogens with two attached hydrogens (primary N) is 1. The molecule has 0 aromatic heterocycles. The van der Waals surface area contributed by atoms with E-state index >= 15 is 0 Å². The van der Waals surface area contributed by atoms with Crippen LogP contribution in [0.2, 0.25) is 0 Å². The summed E-state index contributed by atoms with van der Waals surface area (Å²) in [6.07, 6.45) is -0.978. The molecule has 1 aromatic rings. The minimum absolute atomic E-state index is 0.293. The second-order valence-corrected chi connectivity index (χ2v) is 4.36. The smallest absolute Gasteiger partial charge is 0.385 e. The van der Waals surface area contributed by atoms with Gasteiger partial charge in [-0.1, -0.05) is 18.1 Å². The summed E-state index contributed by atoms with van der Waals surface area (Å²) in [5.41, 5.74) is 0.543. The number of hydrogen-bond acceptors (Lipinski definition) is 7. The van der Waals surface area contributed by atoms with Crippen LogP contribution >= 0.6 is 12.0 Å². The molecule has 20 heavy (non-hydrogen) atoms. The minimum atomic E-state index is -0.978. The van der Waals surface area contributed by atoms with E-state index in [2.05, 4.69) is 21.2 Å². The van der Waals surface area contributed by atoms with E-state index in [1.165, 1.54) is 13.8 Å². The molecule has 0 spiro atoms. The summed E-state index contributed by atoms with van der Waals surface area (Å²) in [7, 11) is 0. The van der Waals surface area contributed by atoms with Crippen LogP contribution in [0.1, 0.15) is 25.5 Å². The summed E-state index contributed by atoms with van der Waals surface area (Å²) in [6.45, 7) is 2.85. The van der Waals surface area contributed by atoms with Crippen molar-refractivity contribution in [1.29, 1.82) is 0 Å². The molecule has 0 heterocycles. The highest BCUT2D eigenvalue weighted by molar-refractivity contribution is 7.94. The van der Waals surface area contributed by atoms with Crippen molar-refractivity contribution in [3.8, 4) is 11.8 Å². The highest BCUT2D eigenvalue weighted by atomic mass is 32.2. The Kier molecular flexibility index (Phi) is 6.76. The monoisotopic (exact) mass is 295 g/mol. The van der Waals surface area contributed by atoms with Gasteiger partial charge in [0.25, 0.3) is 0 Å². The number of carbonyl (C=O) groups is 2. The van der Waals surface area contributed by atoms with Crippen LogP contribution in [0.3, 0.4) is 0 Å². The summed E-state index contributed by atoms with van der Waals surface area (Å²) >= 11 is 0.909. The van der Waals surface area contributed by atoms with E-state index < -0.39 is 12.1 Å². The maximum absolute atomic E-state index is 11.5. The number of esters is 1. The molecule has 7 heteroatoms. The van der Waals surface area contributed by atoms with Gasteiger partial charge in [-0.3, -0.25) is 4.79 Å². The molecule has 1 unspecified atom stereocenters. The number of hydrogen-bond donors (Lipinski definition) is 1. The predicted molar refractivity (Wildman–Crippen MR) is 71.6 cm³/mol. The normalized spacial score (nSPS) is 11.2. The quantitative estimate of drug-likeness (QED) is 0.213. The Morgan fingerprint density at radius 3 is 2.45 bits per heavy atom. The summed E-state index contributed by atoms with van der Waals surface area (Å²) in [5.74, 6) is 8.32. The molecular formula is C13H13NO5S. The standard InChI is InChI=1S/C13H13NO5S/c1-3-4-12(16)17-13(9(2)15)10-5-7-11(8-6-10)20-19-18-14/h5-8,13H,14H2,1-2H3. The lowest BCUT2D eigenvalue weighted by atomic mass is 10.1. The first-order valence-electron chi connectivity index (χ1n) is 5.52. The van der Waals surface area contributed by atoms with Gasteiger partial charge in [-0.25, -0.2) is 4.79 Å². The molecule has 1 atom stereocenters. The zero-order valence-electron chi connectivity index (χ0n) is 10.9. The van der Waals surface area contributed by atoms with Gasteiger partial charge in [0.05, 0.1) is 12.0 Å². The van der Waals surface area contributed by atoms with Gasteiger partial charge in [-0.15, -0.1) is 9.32 Å². The van der Waals surface area contributed by atoms with E-state index in [0.29, 0.717) is 10.5 Å². The first kappa shape index (κ1) is 16.2. The molecule has 2 N–H and O–H groups in total. The van der Waals surface area contributed by atoms with Crippen LogP contribution < -0.4 is 5.90 Å². The first-order valence-corrected chi connectivity index (χ1v) is 6.26. The molecule has 1 rings (SSSR count). The largest absolute Gasteiger partial charge is 0.440 e. The van der Waals surface area contributed by atoms with Crippen LogP contribution in [-0.2, 0) is 23.6 Å². The predicted octanol–water partition coefficient (Wildman–Crippen LogP) is 1.71. The summed E-state index contributed by atoms with van der Waals surface area (Å²) in [5, 5.41) is 0. The van der Waals surface area contributed by atoms with Crippen molar-refractivity contribution in [2.45, 2.75) is 24.8 Å². The van der Waals surface area contributed by atoms with Gasteiger partial charge in [0.15, 0.2) is 11.9 Å². The molecule has 1 aromatic carbocycles. The van der Waals surface area contributed by atoms with E-state index in [0.717, 1.165) is 12.0 Å². The van der Waals surface area contributed by atoms with Crippen LogP contribution in [0.4, 0.5) is 0 Å². The lowest BCUT2D eigenvalue weighted by Crippen LogP contribution is -2.16. The molecule has 0 fully saturated rings. The van der Waals surface area contributed by atoms with E-state index in [-0.39, 0.29) is 5.78 Å². The van der Waals surface area contributed by atoms with Crippen molar-refractivity contribution in [2.24, 2.45) is 5.90 Å². The van der Waals surface area contributed by atoms with Gasteiger partial charge < -0.3 is 4.74 Å². The number of rotatable bonds is 6. The molecule has 6 nitrogen and oxygen atoms in total. The molecule has 0 bridgehead atoms. The Balaban J connectivity index is 2.83. The second-order valence-electron chi connectivity index (χ2n) is 3.59. The fourth-order valence-corrected chi connectivity index (χ4v) is 1.75. The van der Waals surface area contributed by atoms with E-state index in [9.17, 15) is 9.59 Å². The minimum Gasteiger partial charge on any atom is -0.440 e. The Hall–Kier alpha value is -1.85. The molecule has 0 saturated heterocycles. The Bertz CT molecular complexity index is 532. The fourth-order valence-electron chi connectivity index (χ4n) is 1.38. The van der Waals surface area contributed by atoms with Gasteiger partial charge in [0.1, 0.15) is 0 Å². The zero-order chi connectivity index (χ0) is 15.0. The van der Waals surface area contributed by atoms with Crippen LogP contribution in [0.25, 0.3) is 0 Å². The van der Waals surface area contributed by atoms with Crippen molar-refractivity contribution >= 4 is 23.8 Å². The number of ether oxygens (including phenoxy) is 1. The maximum atomic E-state index is 11.5. The van der Waals surface area contributed by atoms with E-state index in [4.69, 9.17) is 10.6 Å². The van der Waals surface area contributed by atoms with Crippen molar-refractivity contribution < 1.29 is 23.6 Å². The molecule has 0 amide bonds. The molecule has 0 saturated carbocycles. The van der Waals surface area contributed by atoms with Crippen molar-refractivity contribution in [1.82, 2.24) is 0 Å². The van der Waals surface area contributed by atoms with Gasteiger partial charge in [0, 0.05) is 16.4 Å². The average molecular weight is 295 g/mol. The highest BCUT2D eigenvalue weighted by Crippen LogP contribution is 2.24. The van der Waals surface area contributed by atoms with E-state index in [1.807, 2.05) is 0 Å². The molecule has 0 aliphatic carbocycles. The molecule has 106 valence electrons. The lowest BCUT2D eigenvalue weighted by Gasteiger charge is -2.13. The number of carbonyl (C=O) groups excluding carboxylic acids is 2. The summed E-state index contributed by atoms with van der Waals surface area (Å²) in [4.78, 5) is 27.6. The highest BCUT2D eigenvalue weighted by Gasteiger charge is 2.20. The number of Topliss-reactive ketones (excluding diaryl/α,β-unsaturated/α-hetero) is 1. The average Bonchev–Trinajstić information content (AvgIpc) is 2.43. The van der Waals surface area contributed by atoms with Crippen LogP contribution in [0.5, 0.6) is 0 Å². The third-order valence-electron chi connectivity index (χ3n) is 2.17. The first-order chi connectivity index (χ1) is 9.58. The zero-order valence-corrected chi connectivity index (χ0v) is 11.7. The van der Waals surface area contributed by atoms with Crippen LogP contribution in [0, 0.1) is 11.8 Å². The van der Waals surface area contributed by atoms with Crippen molar-refractivity contribution in [3.05, 3.63) is 29.8 Å². The third-order valence-corrected chi connectivity index (χ3v) is 2.78. The molecule has 0 aliphatic rings. The van der Waals surface area contributed by atoms with Crippen molar-refractivity contribution in [3.63, 3.8) is 0 Å². The number of ketones is 1. The number of benzene rings is 1. The van der Waals surface area contributed by atoms with Crippen LogP contribution in [0.15, 0.2) is 29.2 Å². The van der Waals surface area contributed by atoms with E-state index in [1.54, 1.807) is 24.3 Å². The van der Waals surface area contributed by atoms with Gasteiger partial charge in [-0.2, -0.15) is 5.90 Å². The topological polar surface area (TPSA) is 87.9 Å². The Morgan fingerprint density at radius 1 is 1.30 bits per heavy atom. The molecular weight excluding hydrogens is 282 g/mol. The Morgan fingerprint density at radius 2 is 1.95 bits per heavy atom. The maximum Gasteiger partial charge on any atom is 0.385 e.